The van der Waals surface area contributed by atoms with Crippen LogP contribution in [-0.4, -0.2) is 17.4 Å². The minimum Gasteiger partial charge on any atom is -0.376 e. The first-order valence-electron chi connectivity index (χ1n) is 7.42. The van der Waals surface area contributed by atoms with Gasteiger partial charge in [0.05, 0.1) is 17.2 Å². The predicted octanol–water partition coefficient (Wildman–Crippen LogP) is 4.82. The number of benzene rings is 2. The Kier molecular flexibility index (Phi) is 5.13. The summed E-state index contributed by atoms with van der Waals surface area (Å²) in [5, 5.41) is 9.59. The van der Waals surface area contributed by atoms with Crippen molar-refractivity contribution in [3.05, 3.63) is 63.9 Å². The van der Waals surface area contributed by atoms with Gasteiger partial charge in [0.15, 0.2) is 0 Å². The van der Waals surface area contributed by atoms with Gasteiger partial charge in [0, 0.05) is 27.3 Å². The number of anilines is 2. The van der Waals surface area contributed by atoms with Crippen LogP contribution in [0.15, 0.2) is 53.9 Å². The third-order valence-corrected chi connectivity index (χ3v) is 4.35. The first-order chi connectivity index (χ1) is 11.6. The lowest BCUT2D eigenvalue weighted by molar-refractivity contribution is -0.114. The maximum atomic E-state index is 12.1. The van der Waals surface area contributed by atoms with Crippen molar-refractivity contribution in [3.8, 4) is 11.3 Å². The predicted molar refractivity (Wildman–Crippen MR) is 101 cm³/mol. The largest absolute Gasteiger partial charge is 0.376 e. The van der Waals surface area contributed by atoms with Crippen molar-refractivity contribution in [2.75, 3.05) is 17.2 Å². The van der Waals surface area contributed by atoms with E-state index in [2.05, 4.69) is 15.6 Å². The van der Waals surface area contributed by atoms with Gasteiger partial charge in [-0.05, 0) is 37.3 Å². The van der Waals surface area contributed by atoms with E-state index in [1.54, 1.807) is 23.5 Å². The van der Waals surface area contributed by atoms with Crippen molar-refractivity contribution in [1.82, 2.24) is 4.98 Å². The summed E-state index contributed by atoms with van der Waals surface area (Å²) >= 11 is 7.53. The minimum atomic E-state index is -0.124. The summed E-state index contributed by atoms with van der Waals surface area (Å²) in [6, 6.07) is 14.9. The Morgan fingerprint density at radius 3 is 2.71 bits per heavy atom. The highest BCUT2D eigenvalue weighted by molar-refractivity contribution is 7.09. The molecule has 0 aliphatic rings. The molecule has 1 heterocycles. The summed E-state index contributed by atoms with van der Waals surface area (Å²) in [6.45, 7) is 2.14. The second-order valence-electron chi connectivity index (χ2n) is 5.24. The SMILES string of the molecule is Cc1nc(-c2cccc(NC(=O)CNc3cccc(Cl)c3)c2)cs1. The third kappa shape index (κ3) is 4.34. The molecule has 0 saturated carbocycles. The third-order valence-electron chi connectivity index (χ3n) is 3.34. The van der Waals surface area contributed by atoms with Crippen LogP contribution in [0.1, 0.15) is 5.01 Å². The van der Waals surface area contributed by atoms with Gasteiger partial charge in [-0.25, -0.2) is 4.98 Å². The standard InChI is InChI=1S/C18H16ClN3OS/c1-12-21-17(11-24-12)13-4-2-7-16(8-13)22-18(23)10-20-15-6-3-5-14(19)9-15/h2-9,11,20H,10H2,1H3,(H,22,23). The molecule has 1 amide bonds. The molecule has 0 radical (unpaired) electrons. The Balaban J connectivity index is 1.62. The van der Waals surface area contributed by atoms with Crippen molar-refractivity contribution >= 4 is 40.2 Å². The molecule has 0 spiro atoms. The number of halogens is 1. The van der Waals surface area contributed by atoms with Gasteiger partial charge in [-0.3, -0.25) is 4.79 Å². The molecule has 0 aliphatic carbocycles. The fourth-order valence-electron chi connectivity index (χ4n) is 2.24. The maximum absolute atomic E-state index is 12.1. The van der Waals surface area contributed by atoms with Gasteiger partial charge in [0.25, 0.3) is 0 Å². The van der Waals surface area contributed by atoms with E-state index in [1.165, 1.54) is 0 Å². The fraction of sp³-hybridized carbons (Fsp3) is 0.111. The van der Waals surface area contributed by atoms with Crippen LogP contribution in [0.4, 0.5) is 11.4 Å². The number of thiazole rings is 1. The average molecular weight is 358 g/mol. The highest BCUT2D eigenvalue weighted by Crippen LogP contribution is 2.24. The molecule has 6 heteroatoms. The van der Waals surface area contributed by atoms with E-state index < -0.39 is 0 Å². The van der Waals surface area contributed by atoms with E-state index in [-0.39, 0.29) is 12.5 Å². The van der Waals surface area contributed by atoms with Crippen LogP contribution in [0, 0.1) is 6.92 Å². The molecule has 24 heavy (non-hydrogen) atoms. The van der Waals surface area contributed by atoms with E-state index in [4.69, 9.17) is 11.6 Å². The number of aromatic nitrogens is 1. The number of aryl methyl sites for hydroxylation is 1. The van der Waals surface area contributed by atoms with Gasteiger partial charge in [-0.1, -0.05) is 29.8 Å². The lowest BCUT2D eigenvalue weighted by Gasteiger charge is -2.09. The molecular formula is C18H16ClN3OS. The molecule has 3 rings (SSSR count). The number of nitrogens with one attached hydrogen (secondary N) is 2. The molecule has 0 atom stereocenters. The second-order valence-corrected chi connectivity index (χ2v) is 6.74. The van der Waals surface area contributed by atoms with E-state index in [0.29, 0.717) is 5.02 Å². The molecule has 4 nitrogen and oxygen atoms in total. The van der Waals surface area contributed by atoms with Crippen LogP contribution in [0.25, 0.3) is 11.3 Å². The number of hydrogen-bond acceptors (Lipinski definition) is 4. The lowest BCUT2D eigenvalue weighted by atomic mass is 10.1. The molecule has 122 valence electrons. The first-order valence-corrected chi connectivity index (χ1v) is 8.68. The van der Waals surface area contributed by atoms with Crippen LogP contribution in [0.2, 0.25) is 5.02 Å². The lowest BCUT2D eigenvalue weighted by Crippen LogP contribution is -2.21. The van der Waals surface area contributed by atoms with Crippen molar-refractivity contribution < 1.29 is 4.79 Å². The van der Waals surface area contributed by atoms with E-state index in [1.807, 2.05) is 48.7 Å². The first kappa shape index (κ1) is 16.5. The molecule has 0 saturated heterocycles. The normalized spacial score (nSPS) is 10.4. The van der Waals surface area contributed by atoms with Crippen molar-refractivity contribution in [2.45, 2.75) is 6.92 Å². The van der Waals surface area contributed by atoms with Gasteiger partial charge in [0.2, 0.25) is 5.91 Å². The number of nitrogens with zero attached hydrogens (tertiary/aromatic N) is 1. The van der Waals surface area contributed by atoms with Gasteiger partial charge >= 0.3 is 0 Å². The molecule has 1 aromatic heterocycles. The average Bonchev–Trinajstić information content (AvgIpc) is 3.00. The topological polar surface area (TPSA) is 54.0 Å². The van der Waals surface area contributed by atoms with Crippen LogP contribution >= 0.6 is 22.9 Å². The van der Waals surface area contributed by atoms with Crippen LogP contribution in [-0.2, 0) is 4.79 Å². The molecular weight excluding hydrogens is 342 g/mol. The Labute approximate surface area is 149 Å². The monoisotopic (exact) mass is 357 g/mol. The summed E-state index contributed by atoms with van der Waals surface area (Å²) in [5.41, 5.74) is 3.46. The van der Waals surface area contributed by atoms with Crippen molar-refractivity contribution in [2.24, 2.45) is 0 Å². The molecule has 3 aromatic rings. The number of carbonyl (C=O) groups excluding carboxylic acids is 1. The van der Waals surface area contributed by atoms with E-state index >= 15 is 0 Å². The molecule has 0 fully saturated rings. The zero-order valence-corrected chi connectivity index (χ0v) is 14.6. The molecule has 0 bridgehead atoms. The quantitative estimate of drug-likeness (QED) is 0.688. The summed E-state index contributed by atoms with van der Waals surface area (Å²) in [5.74, 6) is -0.124. The highest BCUT2D eigenvalue weighted by Gasteiger charge is 2.06. The number of amides is 1. The van der Waals surface area contributed by atoms with Crippen LogP contribution in [0.5, 0.6) is 0 Å². The number of rotatable bonds is 5. The summed E-state index contributed by atoms with van der Waals surface area (Å²) in [7, 11) is 0. The van der Waals surface area contributed by atoms with Gasteiger partial charge < -0.3 is 10.6 Å². The van der Waals surface area contributed by atoms with Crippen molar-refractivity contribution in [3.63, 3.8) is 0 Å². The van der Waals surface area contributed by atoms with Gasteiger partial charge in [-0.15, -0.1) is 11.3 Å². The molecule has 2 aromatic carbocycles. The van der Waals surface area contributed by atoms with Crippen molar-refractivity contribution in [1.29, 1.82) is 0 Å². The number of hydrogen-bond donors (Lipinski definition) is 2. The maximum Gasteiger partial charge on any atom is 0.243 e. The smallest absolute Gasteiger partial charge is 0.243 e. The molecule has 2 N–H and O–H groups in total. The zero-order chi connectivity index (χ0) is 16.9. The second kappa shape index (κ2) is 7.47. The Morgan fingerprint density at radius 1 is 1.17 bits per heavy atom. The van der Waals surface area contributed by atoms with Gasteiger partial charge in [-0.2, -0.15) is 0 Å². The Hall–Kier alpha value is -2.37. The van der Waals surface area contributed by atoms with E-state index in [9.17, 15) is 4.79 Å². The Bertz CT molecular complexity index is 863. The van der Waals surface area contributed by atoms with Gasteiger partial charge in [0.1, 0.15) is 0 Å². The zero-order valence-electron chi connectivity index (χ0n) is 13.0. The summed E-state index contributed by atoms with van der Waals surface area (Å²) in [6.07, 6.45) is 0. The number of carbonyl (C=O) groups is 1. The summed E-state index contributed by atoms with van der Waals surface area (Å²) in [4.78, 5) is 16.6. The minimum absolute atomic E-state index is 0.124. The Morgan fingerprint density at radius 2 is 1.96 bits per heavy atom. The molecule has 0 unspecified atom stereocenters. The van der Waals surface area contributed by atoms with Crippen LogP contribution in [0.3, 0.4) is 0 Å². The highest BCUT2D eigenvalue weighted by atomic mass is 35.5. The van der Waals surface area contributed by atoms with E-state index in [0.717, 1.165) is 27.6 Å². The summed E-state index contributed by atoms with van der Waals surface area (Å²) < 4.78 is 0. The van der Waals surface area contributed by atoms with Crippen LogP contribution < -0.4 is 10.6 Å². The fourth-order valence-corrected chi connectivity index (χ4v) is 3.05. The molecule has 0 aliphatic heterocycles.